The van der Waals surface area contributed by atoms with E-state index < -0.39 is 0 Å². The standard InChI is InChI=1S/C12H16BrNO3S/c1-16-12(15)6-9-8-18-5-4-14(9)7-10-2-3-11(13)17-10/h2-3,9H,4-8H2,1H3. The van der Waals surface area contributed by atoms with Crippen LogP contribution >= 0.6 is 27.7 Å². The second-order valence-corrected chi connectivity index (χ2v) is 6.12. The molecule has 100 valence electrons. The van der Waals surface area contributed by atoms with Crippen molar-refractivity contribution < 1.29 is 13.9 Å². The molecule has 2 heterocycles. The van der Waals surface area contributed by atoms with Crippen molar-refractivity contribution in [1.82, 2.24) is 4.90 Å². The zero-order valence-corrected chi connectivity index (χ0v) is 12.6. The third-order valence-electron chi connectivity index (χ3n) is 2.97. The second kappa shape index (κ2) is 6.63. The molecule has 18 heavy (non-hydrogen) atoms. The molecule has 4 nitrogen and oxygen atoms in total. The molecule has 1 fully saturated rings. The molecule has 1 aliphatic heterocycles. The monoisotopic (exact) mass is 333 g/mol. The highest BCUT2D eigenvalue weighted by Gasteiger charge is 2.26. The van der Waals surface area contributed by atoms with E-state index in [1.807, 2.05) is 23.9 Å². The first-order valence-electron chi connectivity index (χ1n) is 5.82. The summed E-state index contributed by atoms with van der Waals surface area (Å²) in [6.45, 7) is 1.72. The Kier molecular flexibility index (Phi) is 5.14. The van der Waals surface area contributed by atoms with E-state index in [1.165, 1.54) is 7.11 Å². The molecule has 1 unspecified atom stereocenters. The normalized spacial score (nSPS) is 20.9. The first-order valence-corrected chi connectivity index (χ1v) is 7.76. The molecule has 0 aliphatic carbocycles. The summed E-state index contributed by atoms with van der Waals surface area (Å²) in [5.74, 6) is 2.84. The first kappa shape index (κ1) is 14.0. The minimum absolute atomic E-state index is 0.145. The van der Waals surface area contributed by atoms with Gasteiger partial charge >= 0.3 is 5.97 Å². The van der Waals surface area contributed by atoms with Gasteiger partial charge < -0.3 is 9.15 Å². The van der Waals surface area contributed by atoms with Crippen molar-refractivity contribution >= 4 is 33.7 Å². The summed E-state index contributed by atoms with van der Waals surface area (Å²) in [7, 11) is 1.44. The summed E-state index contributed by atoms with van der Waals surface area (Å²) in [5, 5.41) is 0. The van der Waals surface area contributed by atoms with E-state index in [1.54, 1.807) is 0 Å². The van der Waals surface area contributed by atoms with Crippen molar-refractivity contribution in [2.24, 2.45) is 0 Å². The molecule has 1 aromatic rings. The van der Waals surface area contributed by atoms with Gasteiger partial charge in [-0.2, -0.15) is 11.8 Å². The van der Waals surface area contributed by atoms with E-state index >= 15 is 0 Å². The Labute approximate surface area is 119 Å². The zero-order valence-electron chi connectivity index (χ0n) is 10.2. The lowest BCUT2D eigenvalue weighted by Crippen LogP contribution is -2.43. The van der Waals surface area contributed by atoms with Crippen LogP contribution in [0.3, 0.4) is 0 Å². The maximum atomic E-state index is 11.4. The molecule has 0 radical (unpaired) electrons. The van der Waals surface area contributed by atoms with E-state index in [0.717, 1.165) is 35.0 Å². The van der Waals surface area contributed by atoms with Crippen LogP contribution in [0.1, 0.15) is 12.2 Å². The molecule has 0 spiro atoms. The van der Waals surface area contributed by atoms with E-state index in [-0.39, 0.29) is 12.0 Å². The molecule has 0 amide bonds. The minimum Gasteiger partial charge on any atom is -0.469 e. The van der Waals surface area contributed by atoms with Crippen LogP contribution in [-0.4, -0.2) is 42.1 Å². The number of hydrogen-bond acceptors (Lipinski definition) is 5. The number of hydrogen-bond donors (Lipinski definition) is 0. The largest absolute Gasteiger partial charge is 0.469 e. The van der Waals surface area contributed by atoms with Gasteiger partial charge in [-0.05, 0) is 28.1 Å². The van der Waals surface area contributed by atoms with Gasteiger partial charge in [0.2, 0.25) is 0 Å². The van der Waals surface area contributed by atoms with Crippen molar-refractivity contribution in [3.05, 3.63) is 22.6 Å². The van der Waals surface area contributed by atoms with Crippen molar-refractivity contribution in [2.75, 3.05) is 25.2 Å². The van der Waals surface area contributed by atoms with Crippen LogP contribution in [0.2, 0.25) is 0 Å². The first-order chi connectivity index (χ1) is 8.69. The van der Waals surface area contributed by atoms with Gasteiger partial charge in [0.1, 0.15) is 5.76 Å². The lowest BCUT2D eigenvalue weighted by Gasteiger charge is -2.34. The molecular weight excluding hydrogens is 318 g/mol. The number of halogens is 1. The number of methoxy groups -OCH3 is 1. The highest BCUT2D eigenvalue weighted by molar-refractivity contribution is 9.10. The Morgan fingerprint density at radius 1 is 1.67 bits per heavy atom. The quantitative estimate of drug-likeness (QED) is 0.792. The second-order valence-electron chi connectivity index (χ2n) is 4.19. The fourth-order valence-electron chi connectivity index (χ4n) is 2.00. The van der Waals surface area contributed by atoms with Gasteiger partial charge in [-0.1, -0.05) is 0 Å². The third kappa shape index (κ3) is 3.76. The zero-order chi connectivity index (χ0) is 13.0. The summed E-state index contributed by atoms with van der Waals surface area (Å²) in [6, 6.07) is 4.09. The fraction of sp³-hybridized carbons (Fsp3) is 0.583. The smallest absolute Gasteiger partial charge is 0.307 e. The number of ether oxygens (including phenoxy) is 1. The molecule has 0 saturated carbocycles. The molecule has 1 aliphatic rings. The number of carbonyl (C=O) groups excluding carboxylic acids is 1. The van der Waals surface area contributed by atoms with Gasteiger partial charge in [0, 0.05) is 24.1 Å². The third-order valence-corrected chi connectivity index (χ3v) is 4.49. The fourth-order valence-corrected chi connectivity index (χ4v) is 3.47. The molecule has 1 saturated heterocycles. The number of rotatable bonds is 4. The highest BCUT2D eigenvalue weighted by Crippen LogP contribution is 2.23. The highest BCUT2D eigenvalue weighted by atomic mass is 79.9. The Balaban J connectivity index is 1.96. The molecule has 0 aromatic carbocycles. The average Bonchev–Trinajstić information content (AvgIpc) is 2.77. The van der Waals surface area contributed by atoms with Crippen molar-refractivity contribution in [2.45, 2.75) is 19.0 Å². The van der Waals surface area contributed by atoms with Crippen LogP contribution < -0.4 is 0 Å². The average molecular weight is 334 g/mol. The Hall–Kier alpha value is -0.460. The molecule has 0 bridgehead atoms. The number of thioether (sulfide) groups is 1. The van der Waals surface area contributed by atoms with Crippen molar-refractivity contribution in [1.29, 1.82) is 0 Å². The number of carbonyl (C=O) groups is 1. The minimum atomic E-state index is -0.145. The van der Waals surface area contributed by atoms with E-state index in [2.05, 4.69) is 20.8 Å². The van der Waals surface area contributed by atoms with Crippen LogP contribution in [0.5, 0.6) is 0 Å². The van der Waals surface area contributed by atoms with Gasteiger partial charge in [0.25, 0.3) is 0 Å². The SMILES string of the molecule is COC(=O)CC1CSCCN1Cc1ccc(Br)o1. The summed E-state index contributed by atoms with van der Waals surface area (Å²) >= 11 is 5.19. The molecule has 0 N–H and O–H groups in total. The van der Waals surface area contributed by atoms with Crippen molar-refractivity contribution in [3.8, 4) is 0 Å². The van der Waals surface area contributed by atoms with Crippen LogP contribution in [0, 0.1) is 0 Å². The van der Waals surface area contributed by atoms with E-state index in [0.29, 0.717) is 6.42 Å². The van der Waals surface area contributed by atoms with Gasteiger partial charge in [0.15, 0.2) is 4.67 Å². The molecule has 2 rings (SSSR count). The molecule has 1 aromatic heterocycles. The van der Waals surface area contributed by atoms with Crippen LogP contribution in [0.4, 0.5) is 0 Å². The number of esters is 1. The summed E-state index contributed by atoms with van der Waals surface area (Å²) < 4.78 is 11.0. The van der Waals surface area contributed by atoms with Gasteiger partial charge in [-0.3, -0.25) is 9.69 Å². The summed E-state index contributed by atoms with van der Waals surface area (Å²) in [5.41, 5.74) is 0. The summed E-state index contributed by atoms with van der Waals surface area (Å²) in [6.07, 6.45) is 0.450. The maximum Gasteiger partial charge on any atom is 0.307 e. The van der Waals surface area contributed by atoms with E-state index in [9.17, 15) is 4.79 Å². The van der Waals surface area contributed by atoms with E-state index in [4.69, 9.17) is 9.15 Å². The topological polar surface area (TPSA) is 42.7 Å². The van der Waals surface area contributed by atoms with Crippen LogP contribution in [0.25, 0.3) is 0 Å². The number of furan rings is 1. The Bertz CT molecular complexity index is 410. The van der Waals surface area contributed by atoms with Crippen LogP contribution in [-0.2, 0) is 16.1 Å². The Morgan fingerprint density at radius 2 is 2.50 bits per heavy atom. The van der Waals surface area contributed by atoms with Gasteiger partial charge in [0.05, 0.1) is 20.1 Å². The van der Waals surface area contributed by atoms with Crippen LogP contribution in [0.15, 0.2) is 21.2 Å². The molecule has 6 heteroatoms. The Morgan fingerprint density at radius 3 is 3.17 bits per heavy atom. The number of nitrogens with zero attached hydrogens (tertiary/aromatic N) is 1. The predicted octanol–water partition coefficient (Wildman–Crippen LogP) is 2.52. The lowest BCUT2D eigenvalue weighted by atomic mass is 10.2. The summed E-state index contributed by atoms with van der Waals surface area (Å²) in [4.78, 5) is 13.7. The maximum absolute atomic E-state index is 11.4. The molecular formula is C12H16BrNO3S. The van der Waals surface area contributed by atoms with Crippen molar-refractivity contribution in [3.63, 3.8) is 0 Å². The molecule has 1 atom stereocenters. The van der Waals surface area contributed by atoms with Gasteiger partial charge in [-0.15, -0.1) is 0 Å². The lowest BCUT2D eigenvalue weighted by molar-refractivity contribution is -0.141. The van der Waals surface area contributed by atoms with Gasteiger partial charge in [-0.25, -0.2) is 0 Å². The predicted molar refractivity (Wildman–Crippen MR) is 74.6 cm³/mol.